The van der Waals surface area contributed by atoms with Gasteiger partial charge in [-0.3, -0.25) is 0 Å². The molecule has 0 saturated heterocycles. The predicted octanol–water partition coefficient (Wildman–Crippen LogP) is 2.67. The van der Waals surface area contributed by atoms with Gasteiger partial charge >= 0.3 is 0 Å². The summed E-state index contributed by atoms with van der Waals surface area (Å²) in [5, 5.41) is 10.8. The van der Waals surface area contributed by atoms with Gasteiger partial charge in [-0.15, -0.1) is 33.1 Å². The number of nitrogens with zero attached hydrogens (tertiary/aromatic N) is 3. The summed E-state index contributed by atoms with van der Waals surface area (Å²) in [6, 6.07) is 0. The maximum absolute atomic E-state index is 5.58. The van der Waals surface area contributed by atoms with Gasteiger partial charge in [-0.1, -0.05) is 0 Å². The van der Waals surface area contributed by atoms with Gasteiger partial charge in [0.1, 0.15) is 5.69 Å². The zero-order chi connectivity index (χ0) is 10.7. The third-order valence-corrected chi connectivity index (χ3v) is 2.87. The van der Waals surface area contributed by atoms with Crippen LogP contribution in [0.3, 0.4) is 0 Å². The topological polar surface area (TPSA) is 51.8 Å². The van der Waals surface area contributed by atoms with Gasteiger partial charge < -0.3 is 4.42 Å². The zero-order valence-corrected chi connectivity index (χ0v) is 9.81. The minimum atomic E-state index is 0.490. The van der Waals surface area contributed by atoms with Crippen LogP contribution in [0.1, 0.15) is 17.3 Å². The highest BCUT2D eigenvalue weighted by Gasteiger charge is 2.10. The molecule has 2 aromatic rings. The molecule has 2 aromatic heterocycles. The molecule has 80 valence electrons. The number of halogens is 1. The Morgan fingerprint density at radius 3 is 3.00 bits per heavy atom. The first-order chi connectivity index (χ1) is 7.29. The molecule has 6 heteroatoms. The number of thiazole rings is 1. The summed E-state index contributed by atoms with van der Waals surface area (Å²) in [6.07, 6.45) is 1.57. The van der Waals surface area contributed by atoms with Crippen molar-refractivity contribution in [3.63, 3.8) is 0 Å². The Hall–Kier alpha value is -0.940. The molecule has 2 rings (SSSR count). The maximum Gasteiger partial charge on any atom is 0.267 e. The van der Waals surface area contributed by atoms with E-state index in [2.05, 4.69) is 15.2 Å². The van der Waals surface area contributed by atoms with Gasteiger partial charge in [0.2, 0.25) is 5.89 Å². The number of rotatable bonds is 4. The lowest BCUT2D eigenvalue weighted by Gasteiger charge is -1.88. The second-order valence-electron chi connectivity index (χ2n) is 3.05. The van der Waals surface area contributed by atoms with Crippen LogP contribution >= 0.6 is 22.9 Å². The maximum atomic E-state index is 5.58. The van der Waals surface area contributed by atoms with Crippen molar-refractivity contribution in [1.29, 1.82) is 0 Å². The SMILES string of the molecule is Cc1nc(-c2nnc(CCCCl)o2)cs1. The normalized spacial score (nSPS) is 10.8. The van der Waals surface area contributed by atoms with Crippen LogP contribution in [-0.2, 0) is 6.42 Å². The molecule has 0 fully saturated rings. The van der Waals surface area contributed by atoms with Crippen molar-refractivity contribution in [3.05, 3.63) is 16.3 Å². The number of alkyl halides is 1. The fourth-order valence-electron chi connectivity index (χ4n) is 1.14. The Morgan fingerprint density at radius 2 is 2.33 bits per heavy atom. The van der Waals surface area contributed by atoms with Gasteiger partial charge in [0.25, 0.3) is 5.89 Å². The lowest BCUT2D eigenvalue weighted by Crippen LogP contribution is -1.85. The van der Waals surface area contributed by atoms with Crippen LogP contribution in [0.4, 0.5) is 0 Å². The molecule has 0 aliphatic carbocycles. The van der Waals surface area contributed by atoms with Gasteiger partial charge in [0, 0.05) is 17.7 Å². The highest BCUT2D eigenvalue weighted by molar-refractivity contribution is 7.09. The monoisotopic (exact) mass is 243 g/mol. The van der Waals surface area contributed by atoms with Crippen LogP contribution in [0, 0.1) is 6.92 Å². The number of hydrogen-bond acceptors (Lipinski definition) is 5. The van der Waals surface area contributed by atoms with Crippen LogP contribution < -0.4 is 0 Å². The Kier molecular flexibility index (Phi) is 3.33. The van der Waals surface area contributed by atoms with Gasteiger partial charge in [0.15, 0.2) is 0 Å². The van der Waals surface area contributed by atoms with Crippen LogP contribution in [-0.4, -0.2) is 21.1 Å². The molecule has 2 heterocycles. The average molecular weight is 244 g/mol. The van der Waals surface area contributed by atoms with E-state index in [1.807, 2.05) is 12.3 Å². The molecule has 0 N–H and O–H groups in total. The van der Waals surface area contributed by atoms with E-state index in [1.54, 1.807) is 11.3 Å². The standard InChI is InChI=1S/C9H10ClN3OS/c1-6-11-7(5-15-6)9-13-12-8(14-9)3-2-4-10/h5H,2-4H2,1H3. The first-order valence-electron chi connectivity index (χ1n) is 4.60. The van der Waals surface area contributed by atoms with Crippen LogP contribution in [0.5, 0.6) is 0 Å². The fourth-order valence-corrected chi connectivity index (χ4v) is 1.86. The number of aryl methyl sites for hydroxylation is 2. The molecule has 0 spiro atoms. The minimum Gasteiger partial charge on any atom is -0.419 e. The van der Waals surface area contributed by atoms with Crippen molar-refractivity contribution < 1.29 is 4.42 Å². The molecule has 0 aliphatic rings. The quantitative estimate of drug-likeness (QED) is 0.775. The van der Waals surface area contributed by atoms with E-state index in [-0.39, 0.29) is 0 Å². The lowest BCUT2D eigenvalue weighted by atomic mass is 10.3. The molecule has 0 aliphatic heterocycles. The summed E-state index contributed by atoms with van der Waals surface area (Å²) in [7, 11) is 0. The molecular weight excluding hydrogens is 234 g/mol. The average Bonchev–Trinajstić information content (AvgIpc) is 2.83. The van der Waals surface area contributed by atoms with E-state index < -0.39 is 0 Å². The molecule has 0 unspecified atom stereocenters. The largest absolute Gasteiger partial charge is 0.419 e. The highest BCUT2D eigenvalue weighted by atomic mass is 35.5. The van der Waals surface area contributed by atoms with Gasteiger partial charge in [0.05, 0.1) is 5.01 Å². The van der Waals surface area contributed by atoms with Crippen molar-refractivity contribution in [2.24, 2.45) is 0 Å². The smallest absolute Gasteiger partial charge is 0.267 e. The molecule has 0 radical (unpaired) electrons. The van der Waals surface area contributed by atoms with Gasteiger partial charge in [-0.05, 0) is 13.3 Å². The Balaban J connectivity index is 2.13. The number of hydrogen-bond donors (Lipinski definition) is 0. The van der Waals surface area contributed by atoms with E-state index in [0.717, 1.165) is 23.5 Å². The van der Waals surface area contributed by atoms with Crippen molar-refractivity contribution in [1.82, 2.24) is 15.2 Å². The first kappa shape index (κ1) is 10.6. The molecule has 0 atom stereocenters. The molecule has 15 heavy (non-hydrogen) atoms. The summed E-state index contributed by atoms with van der Waals surface area (Å²) < 4.78 is 5.45. The lowest BCUT2D eigenvalue weighted by molar-refractivity contribution is 0.501. The van der Waals surface area contributed by atoms with E-state index in [0.29, 0.717) is 17.7 Å². The van der Waals surface area contributed by atoms with Crippen molar-refractivity contribution >= 4 is 22.9 Å². The summed E-state index contributed by atoms with van der Waals surface area (Å²) in [4.78, 5) is 4.27. The third kappa shape index (κ3) is 2.54. The van der Waals surface area contributed by atoms with Gasteiger partial charge in [-0.2, -0.15) is 0 Å². The molecular formula is C9H10ClN3OS. The molecule has 0 bridgehead atoms. The fraction of sp³-hybridized carbons (Fsp3) is 0.444. The second-order valence-corrected chi connectivity index (χ2v) is 4.49. The van der Waals surface area contributed by atoms with Crippen LogP contribution in [0.15, 0.2) is 9.80 Å². The van der Waals surface area contributed by atoms with E-state index in [1.165, 1.54) is 0 Å². The molecule has 4 nitrogen and oxygen atoms in total. The second kappa shape index (κ2) is 4.72. The third-order valence-electron chi connectivity index (χ3n) is 1.83. The molecule has 0 aromatic carbocycles. The predicted molar refractivity (Wildman–Crippen MR) is 59.2 cm³/mol. The summed E-state index contributed by atoms with van der Waals surface area (Å²) in [5.41, 5.74) is 0.752. The summed E-state index contributed by atoms with van der Waals surface area (Å²) >= 11 is 7.14. The Morgan fingerprint density at radius 1 is 1.47 bits per heavy atom. The Bertz CT molecular complexity index is 440. The highest BCUT2D eigenvalue weighted by Crippen LogP contribution is 2.20. The van der Waals surface area contributed by atoms with E-state index in [4.69, 9.17) is 16.0 Å². The van der Waals surface area contributed by atoms with Crippen LogP contribution in [0.2, 0.25) is 0 Å². The first-order valence-corrected chi connectivity index (χ1v) is 6.02. The van der Waals surface area contributed by atoms with Crippen molar-refractivity contribution in [2.45, 2.75) is 19.8 Å². The van der Waals surface area contributed by atoms with Crippen LogP contribution in [0.25, 0.3) is 11.6 Å². The zero-order valence-electron chi connectivity index (χ0n) is 8.23. The summed E-state index contributed by atoms with van der Waals surface area (Å²) in [6.45, 7) is 1.94. The van der Waals surface area contributed by atoms with Crippen molar-refractivity contribution in [3.8, 4) is 11.6 Å². The Labute approximate surface area is 96.3 Å². The molecule has 0 saturated carbocycles. The van der Waals surface area contributed by atoms with E-state index in [9.17, 15) is 0 Å². The minimum absolute atomic E-state index is 0.490. The van der Waals surface area contributed by atoms with Crippen molar-refractivity contribution in [2.75, 3.05) is 5.88 Å². The van der Waals surface area contributed by atoms with Gasteiger partial charge in [-0.25, -0.2) is 4.98 Å². The summed E-state index contributed by atoms with van der Waals surface area (Å²) in [5.74, 6) is 1.72. The number of aromatic nitrogens is 3. The molecule has 0 amide bonds. The van der Waals surface area contributed by atoms with E-state index >= 15 is 0 Å².